The molecule has 2 rings (SSSR count). The molecule has 0 aliphatic heterocycles. The Bertz CT molecular complexity index is 736. The smallest absolute Gasteiger partial charge is 0.328 e. The summed E-state index contributed by atoms with van der Waals surface area (Å²) < 4.78 is 6.17. The normalized spacial score (nSPS) is 12.0. The Hall–Kier alpha value is -2.90. The molecule has 1 aromatic heterocycles. The number of aromatic nitrogens is 2. The molecule has 2 amide bonds. The van der Waals surface area contributed by atoms with E-state index in [2.05, 4.69) is 20.5 Å². The van der Waals surface area contributed by atoms with Gasteiger partial charge in [0.05, 0.1) is 19.2 Å². The molecule has 0 spiro atoms. The highest BCUT2D eigenvalue weighted by Crippen LogP contribution is 2.10. The number of nitrogens with zero attached hydrogens (tertiary/aromatic N) is 2. The first-order valence-electron chi connectivity index (χ1n) is 7.96. The molecule has 0 unspecified atom stereocenters. The summed E-state index contributed by atoms with van der Waals surface area (Å²) in [5.41, 5.74) is 0.797. The summed E-state index contributed by atoms with van der Waals surface area (Å²) >= 11 is 0. The van der Waals surface area contributed by atoms with Gasteiger partial charge in [-0.2, -0.15) is 5.10 Å². The van der Waals surface area contributed by atoms with E-state index >= 15 is 0 Å². The first-order valence-corrected chi connectivity index (χ1v) is 7.96. The number of methoxy groups -OCH3 is 1. The van der Waals surface area contributed by atoms with Gasteiger partial charge in [-0.15, -0.1) is 0 Å². The molecule has 2 aromatic rings. The summed E-state index contributed by atoms with van der Waals surface area (Å²) in [4.78, 5) is 35.5. The van der Waals surface area contributed by atoms with Gasteiger partial charge in [-0.05, 0) is 12.0 Å². The van der Waals surface area contributed by atoms with Gasteiger partial charge in [0.15, 0.2) is 0 Å². The molecule has 1 aromatic carbocycles. The first-order chi connectivity index (χ1) is 11.9. The van der Waals surface area contributed by atoms with Crippen LogP contribution >= 0.6 is 0 Å². The maximum atomic E-state index is 12.0. The highest BCUT2D eigenvalue weighted by atomic mass is 16.5. The SMILES string of the molecule is COC(=O)[C@@H](NC(=O)CNC(=O)Cn1cc2ccccc2n1)C(C)C. The fraction of sp³-hybridized carbons (Fsp3) is 0.412. The highest BCUT2D eigenvalue weighted by Gasteiger charge is 2.24. The summed E-state index contributed by atoms with van der Waals surface area (Å²) in [6.07, 6.45) is 1.76. The third kappa shape index (κ3) is 5.03. The van der Waals surface area contributed by atoms with Crippen molar-refractivity contribution in [3.63, 3.8) is 0 Å². The van der Waals surface area contributed by atoms with Crippen molar-refractivity contribution in [1.82, 2.24) is 20.4 Å². The average molecular weight is 346 g/mol. The molecule has 25 heavy (non-hydrogen) atoms. The molecule has 2 N–H and O–H groups in total. The Morgan fingerprint density at radius 1 is 1.20 bits per heavy atom. The maximum absolute atomic E-state index is 12.0. The second-order valence-corrected chi connectivity index (χ2v) is 5.97. The number of rotatable bonds is 7. The molecule has 0 bridgehead atoms. The lowest BCUT2D eigenvalue weighted by atomic mass is 10.0. The Kier molecular flexibility index (Phi) is 6.10. The standard InChI is InChI=1S/C17H22N4O4/c1-11(2)16(17(24)25-3)19-14(22)8-18-15(23)10-21-9-12-6-4-5-7-13(12)20-21/h4-7,9,11,16H,8,10H2,1-3H3,(H,18,23)(H,19,22)/t16-/m0/s1. The van der Waals surface area contributed by atoms with Crippen molar-refractivity contribution in [2.45, 2.75) is 26.4 Å². The van der Waals surface area contributed by atoms with Crippen molar-refractivity contribution in [3.05, 3.63) is 30.5 Å². The zero-order valence-electron chi connectivity index (χ0n) is 14.5. The minimum atomic E-state index is -0.745. The molecule has 1 atom stereocenters. The largest absolute Gasteiger partial charge is 0.467 e. The fourth-order valence-electron chi connectivity index (χ4n) is 2.33. The summed E-state index contributed by atoms with van der Waals surface area (Å²) in [5, 5.41) is 10.3. The van der Waals surface area contributed by atoms with E-state index in [-0.39, 0.29) is 24.9 Å². The minimum Gasteiger partial charge on any atom is -0.467 e. The molecule has 0 aliphatic rings. The molecule has 0 aliphatic carbocycles. The average Bonchev–Trinajstić information content (AvgIpc) is 2.99. The van der Waals surface area contributed by atoms with Gasteiger partial charge in [0.1, 0.15) is 12.6 Å². The van der Waals surface area contributed by atoms with Gasteiger partial charge in [0, 0.05) is 11.6 Å². The minimum absolute atomic E-state index is 0.00652. The number of carbonyl (C=O) groups is 3. The lowest BCUT2D eigenvalue weighted by Gasteiger charge is -2.19. The summed E-state index contributed by atoms with van der Waals surface area (Å²) in [7, 11) is 1.26. The Morgan fingerprint density at radius 2 is 1.92 bits per heavy atom. The molecule has 8 heteroatoms. The van der Waals surface area contributed by atoms with E-state index in [0.717, 1.165) is 10.9 Å². The van der Waals surface area contributed by atoms with Crippen LogP contribution < -0.4 is 10.6 Å². The van der Waals surface area contributed by atoms with Gasteiger partial charge in [0.25, 0.3) is 0 Å². The number of hydrogen-bond donors (Lipinski definition) is 2. The quantitative estimate of drug-likeness (QED) is 0.710. The van der Waals surface area contributed by atoms with Gasteiger partial charge in [-0.25, -0.2) is 4.79 Å². The lowest BCUT2D eigenvalue weighted by molar-refractivity contribution is -0.146. The van der Waals surface area contributed by atoms with Crippen LogP contribution in [0, 0.1) is 5.92 Å². The number of amides is 2. The summed E-state index contributed by atoms with van der Waals surface area (Å²) in [6.45, 7) is 3.37. The number of nitrogens with one attached hydrogen (secondary N) is 2. The van der Waals surface area contributed by atoms with Crippen molar-refractivity contribution in [2.75, 3.05) is 13.7 Å². The predicted molar refractivity (Wildman–Crippen MR) is 91.5 cm³/mol. The van der Waals surface area contributed by atoms with Crippen LogP contribution in [0.25, 0.3) is 10.9 Å². The number of carbonyl (C=O) groups excluding carboxylic acids is 3. The summed E-state index contributed by atoms with van der Waals surface area (Å²) in [5.74, 6) is -1.44. The maximum Gasteiger partial charge on any atom is 0.328 e. The van der Waals surface area contributed by atoms with Gasteiger partial charge in [0.2, 0.25) is 11.8 Å². The van der Waals surface area contributed by atoms with Crippen LogP contribution in [0.15, 0.2) is 30.5 Å². The number of fused-ring (bicyclic) bond motifs is 1. The molecule has 8 nitrogen and oxygen atoms in total. The second-order valence-electron chi connectivity index (χ2n) is 5.97. The Morgan fingerprint density at radius 3 is 2.56 bits per heavy atom. The molecular weight excluding hydrogens is 324 g/mol. The predicted octanol–water partition coefficient (Wildman–Crippen LogP) is 0.466. The van der Waals surface area contributed by atoms with E-state index in [0.29, 0.717) is 0 Å². The van der Waals surface area contributed by atoms with Crippen LogP contribution in [0.2, 0.25) is 0 Å². The van der Waals surface area contributed by atoms with Crippen LogP contribution in [-0.4, -0.2) is 47.3 Å². The Balaban J connectivity index is 1.84. The van der Waals surface area contributed by atoms with Gasteiger partial charge >= 0.3 is 5.97 Å². The van der Waals surface area contributed by atoms with Gasteiger partial charge < -0.3 is 15.4 Å². The Labute approximate surface area is 145 Å². The number of hydrogen-bond acceptors (Lipinski definition) is 5. The molecule has 0 saturated carbocycles. The molecule has 0 fully saturated rings. The van der Waals surface area contributed by atoms with Gasteiger partial charge in [-0.1, -0.05) is 32.0 Å². The topological polar surface area (TPSA) is 102 Å². The zero-order valence-corrected chi connectivity index (χ0v) is 14.5. The van der Waals surface area contributed by atoms with Crippen molar-refractivity contribution in [3.8, 4) is 0 Å². The summed E-state index contributed by atoms with van der Waals surface area (Å²) in [6, 6.07) is 6.78. The number of ether oxygens (including phenoxy) is 1. The molecule has 134 valence electrons. The van der Waals surface area contributed by atoms with Crippen LogP contribution in [0.1, 0.15) is 13.8 Å². The number of benzene rings is 1. The second kappa shape index (κ2) is 8.27. The van der Waals surface area contributed by atoms with Crippen molar-refractivity contribution < 1.29 is 19.1 Å². The van der Waals surface area contributed by atoms with E-state index < -0.39 is 17.9 Å². The van der Waals surface area contributed by atoms with E-state index in [1.54, 1.807) is 20.0 Å². The molecule has 1 heterocycles. The van der Waals surface area contributed by atoms with E-state index in [9.17, 15) is 14.4 Å². The molecule has 0 saturated heterocycles. The van der Waals surface area contributed by atoms with Crippen molar-refractivity contribution >= 4 is 28.7 Å². The molecule has 0 radical (unpaired) electrons. The van der Waals surface area contributed by atoms with Crippen LogP contribution in [0.4, 0.5) is 0 Å². The molecular formula is C17H22N4O4. The van der Waals surface area contributed by atoms with E-state index in [4.69, 9.17) is 0 Å². The highest BCUT2D eigenvalue weighted by molar-refractivity contribution is 5.88. The monoisotopic (exact) mass is 346 g/mol. The van der Waals surface area contributed by atoms with Crippen LogP contribution in [-0.2, 0) is 25.7 Å². The van der Waals surface area contributed by atoms with Gasteiger partial charge in [-0.3, -0.25) is 14.3 Å². The third-order valence-corrected chi connectivity index (χ3v) is 3.65. The third-order valence-electron chi connectivity index (χ3n) is 3.65. The number of esters is 1. The van der Waals surface area contributed by atoms with Crippen molar-refractivity contribution in [2.24, 2.45) is 5.92 Å². The van der Waals surface area contributed by atoms with E-state index in [1.807, 2.05) is 24.3 Å². The van der Waals surface area contributed by atoms with Crippen LogP contribution in [0.5, 0.6) is 0 Å². The fourth-order valence-corrected chi connectivity index (χ4v) is 2.33. The van der Waals surface area contributed by atoms with Crippen LogP contribution in [0.3, 0.4) is 0 Å². The first kappa shape index (κ1) is 18.4. The zero-order chi connectivity index (χ0) is 18.4. The van der Waals surface area contributed by atoms with E-state index in [1.165, 1.54) is 11.8 Å². The van der Waals surface area contributed by atoms with Crippen molar-refractivity contribution in [1.29, 1.82) is 0 Å². The lowest BCUT2D eigenvalue weighted by Crippen LogP contribution is -2.48.